The third kappa shape index (κ3) is 2.80. The molecule has 128 valence electrons. The molecule has 7 heteroatoms. The molecule has 24 heavy (non-hydrogen) atoms. The number of aromatic nitrogens is 2. The number of aryl methyl sites for hydroxylation is 1. The summed E-state index contributed by atoms with van der Waals surface area (Å²) in [5.74, 6) is 0.186. The summed E-state index contributed by atoms with van der Waals surface area (Å²) in [4.78, 5) is 4.07. The molecule has 0 saturated heterocycles. The molecule has 4 nitrogen and oxygen atoms in total. The molecule has 0 atom stereocenters. The average Bonchev–Trinajstić information content (AvgIpc) is 2.87. The van der Waals surface area contributed by atoms with Gasteiger partial charge in [-0.1, -0.05) is 0 Å². The number of nitrogens with two attached hydrogens (primary N) is 1. The van der Waals surface area contributed by atoms with E-state index in [2.05, 4.69) is 4.98 Å². The fraction of sp³-hybridized carbons (Fsp3) is 0.353. The summed E-state index contributed by atoms with van der Waals surface area (Å²) in [6.45, 7) is 1.12. The molecule has 2 N–H and O–H groups in total. The van der Waals surface area contributed by atoms with Crippen LogP contribution in [0.25, 0.3) is 21.8 Å². The maximum atomic E-state index is 13.6. The standard InChI is InChI=1S/C17H18F3N3O/c1-24-11-8-13(17(18,19)20)16-12-4-6-22-10-15(12)23(14(16)9-11)7-3-2-5-21/h4,6,8-10H,2-3,5,7,21H2,1H3. The van der Waals surface area contributed by atoms with Gasteiger partial charge in [-0.3, -0.25) is 4.98 Å². The Hall–Kier alpha value is -2.28. The molecule has 0 radical (unpaired) electrons. The lowest BCUT2D eigenvalue weighted by atomic mass is 10.1. The van der Waals surface area contributed by atoms with E-state index in [1.165, 1.54) is 13.3 Å². The summed E-state index contributed by atoms with van der Waals surface area (Å²) < 4.78 is 47.7. The van der Waals surface area contributed by atoms with Crippen molar-refractivity contribution < 1.29 is 17.9 Å². The van der Waals surface area contributed by atoms with Crippen LogP contribution >= 0.6 is 0 Å². The number of fused-ring (bicyclic) bond motifs is 3. The molecular formula is C17H18F3N3O. The maximum Gasteiger partial charge on any atom is 0.417 e. The second-order valence-electron chi connectivity index (χ2n) is 5.61. The van der Waals surface area contributed by atoms with E-state index in [0.717, 1.165) is 18.9 Å². The van der Waals surface area contributed by atoms with Crippen molar-refractivity contribution in [2.24, 2.45) is 5.73 Å². The van der Waals surface area contributed by atoms with Crippen LogP contribution in [0.4, 0.5) is 13.2 Å². The SMILES string of the molecule is COc1cc(C(F)(F)F)c2c3ccncc3n(CCCCN)c2c1. The van der Waals surface area contributed by atoms with Crippen LogP contribution in [-0.4, -0.2) is 23.2 Å². The average molecular weight is 337 g/mol. The summed E-state index contributed by atoms with van der Waals surface area (Å²) in [6, 6.07) is 4.32. The highest BCUT2D eigenvalue weighted by Gasteiger charge is 2.35. The van der Waals surface area contributed by atoms with Gasteiger partial charge in [0.2, 0.25) is 0 Å². The van der Waals surface area contributed by atoms with E-state index in [0.29, 0.717) is 29.5 Å². The molecule has 0 amide bonds. The number of unbranched alkanes of at least 4 members (excludes halogenated alkanes) is 1. The minimum Gasteiger partial charge on any atom is -0.497 e. The topological polar surface area (TPSA) is 53.1 Å². The zero-order valence-corrected chi connectivity index (χ0v) is 13.2. The summed E-state index contributed by atoms with van der Waals surface area (Å²) in [5.41, 5.74) is 6.03. The van der Waals surface area contributed by atoms with E-state index in [-0.39, 0.29) is 11.1 Å². The van der Waals surface area contributed by atoms with Crippen molar-refractivity contribution in [2.45, 2.75) is 25.6 Å². The molecule has 0 aliphatic carbocycles. The summed E-state index contributed by atoms with van der Waals surface area (Å²) in [7, 11) is 1.37. The van der Waals surface area contributed by atoms with Gasteiger partial charge in [-0.15, -0.1) is 0 Å². The van der Waals surface area contributed by atoms with Gasteiger partial charge in [0, 0.05) is 29.6 Å². The first-order chi connectivity index (χ1) is 11.5. The zero-order valence-electron chi connectivity index (χ0n) is 13.2. The van der Waals surface area contributed by atoms with Crippen LogP contribution in [0.15, 0.2) is 30.6 Å². The second kappa shape index (κ2) is 6.32. The monoisotopic (exact) mass is 337 g/mol. The largest absolute Gasteiger partial charge is 0.497 e. The van der Waals surface area contributed by atoms with Crippen molar-refractivity contribution in [3.8, 4) is 5.75 Å². The van der Waals surface area contributed by atoms with E-state index < -0.39 is 11.7 Å². The first kappa shape index (κ1) is 16.6. The number of ether oxygens (including phenoxy) is 1. The first-order valence-corrected chi connectivity index (χ1v) is 7.68. The van der Waals surface area contributed by atoms with Crippen LogP contribution in [0, 0.1) is 0 Å². The smallest absolute Gasteiger partial charge is 0.417 e. The van der Waals surface area contributed by atoms with Crippen molar-refractivity contribution in [1.29, 1.82) is 0 Å². The number of methoxy groups -OCH3 is 1. The molecular weight excluding hydrogens is 319 g/mol. The normalized spacial score (nSPS) is 12.2. The lowest BCUT2D eigenvalue weighted by Gasteiger charge is -2.12. The lowest BCUT2D eigenvalue weighted by Crippen LogP contribution is -2.07. The number of nitrogens with zero attached hydrogens (tertiary/aromatic N) is 2. The molecule has 0 saturated carbocycles. The summed E-state index contributed by atoms with van der Waals surface area (Å²) >= 11 is 0. The Morgan fingerprint density at radius 1 is 1.21 bits per heavy atom. The molecule has 0 fully saturated rings. The fourth-order valence-corrected chi connectivity index (χ4v) is 3.04. The highest BCUT2D eigenvalue weighted by molar-refractivity contribution is 6.10. The van der Waals surface area contributed by atoms with Crippen LogP contribution in [-0.2, 0) is 12.7 Å². The highest BCUT2D eigenvalue weighted by Crippen LogP contribution is 2.42. The number of rotatable bonds is 5. The number of hydrogen-bond donors (Lipinski definition) is 1. The number of benzene rings is 1. The summed E-state index contributed by atoms with van der Waals surface area (Å²) in [5, 5.41) is 0.733. The van der Waals surface area contributed by atoms with Gasteiger partial charge < -0.3 is 15.0 Å². The Morgan fingerprint density at radius 3 is 2.67 bits per heavy atom. The molecule has 3 aromatic rings. The molecule has 0 bridgehead atoms. The molecule has 0 spiro atoms. The third-order valence-electron chi connectivity index (χ3n) is 4.12. The number of hydrogen-bond acceptors (Lipinski definition) is 3. The van der Waals surface area contributed by atoms with Crippen molar-refractivity contribution >= 4 is 21.8 Å². The molecule has 3 rings (SSSR count). The quantitative estimate of drug-likeness (QED) is 0.717. The molecule has 0 unspecified atom stereocenters. The van der Waals surface area contributed by atoms with E-state index in [1.807, 2.05) is 4.57 Å². The van der Waals surface area contributed by atoms with E-state index in [4.69, 9.17) is 10.5 Å². The van der Waals surface area contributed by atoms with Crippen LogP contribution in [0.1, 0.15) is 18.4 Å². The molecule has 0 aliphatic heterocycles. The van der Waals surface area contributed by atoms with Gasteiger partial charge in [0.1, 0.15) is 5.75 Å². The van der Waals surface area contributed by atoms with Crippen molar-refractivity contribution in [2.75, 3.05) is 13.7 Å². The van der Waals surface area contributed by atoms with Crippen molar-refractivity contribution in [3.05, 3.63) is 36.2 Å². The number of halogens is 3. The lowest BCUT2D eigenvalue weighted by molar-refractivity contribution is -0.136. The van der Waals surface area contributed by atoms with Crippen LogP contribution in [0.5, 0.6) is 5.75 Å². The minimum absolute atomic E-state index is 0.186. The Kier molecular flexibility index (Phi) is 4.36. The van der Waals surface area contributed by atoms with Gasteiger partial charge in [-0.25, -0.2) is 0 Å². The van der Waals surface area contributed by atoms with Gasteiger partial charge in [0.05, 0.1) is 29.9 Å². The van der Waals surface area contributed by atoms with Gasteiger partial charge >= 0.3 is 6.18 Å². The van der Waals surface area contributed by atoms with Gasteiger partial charge in [0.25, 0.3) is 0 Å². The van der Waals surface area contributed by atoms with Gasteiger partial charge in [-0.05, 0) is 31.5 Å². The zero-order chi connectivity index (χ0) is 17.3. The predicted molar refractivity (Wildman–Crippen MR) is 87.1 cm³/mol. The summed E-state index contributed by atoms with van der Waals surface area (Å²) in [6.07, 6.45) is 0.230. The minimum atomic E-state index is -4.47. The van der Waals surface area contributed by atoms with E-state index in [9.17, 15) is 13.2 Å². The predicted octanol–water partition coefficient (Wildman–Crippen LogP) is 3.96. The molecule has 0 aliphatic rings. The Bertz CT molecular complexity index is 871. The first-order valence-electron chi connectivity index (χ1n) is 7.68. The third-order valence-corrected chi connectivity index (χ3v) is 4.12. The molecule has 2 heterocycles. The fourth-order valence-electron chi connectivity index (χ4n) is 3.04. The van der Waals surface area contributed by atoms with Gasteiger partial charge in [0.15, 0.2) is 0 Å². The Balaban J connectivity index is 2.35. The number of alkyl halides is 3. The Morgan fingerprint density at radius 2 is 2.00 bits per heavy atom. The van der Waals surface area contributed by atoms with Crippen molar-refractivity contribution in [1.82, 2.24) is 9.55 Å². The van der Waals surface area contributed by atoms with E-state index in [1.54, 1.807) is 18.3 Å². The Labute approximate surface area is 137 Å². The molecule has 2 aromatic heterocycles. The molecule has 1 aromatic carbocycles. The number of pyridine rings is 1. The highest BCUT2D eigenvalue weighted by atomic mass is 19.4. The van der Waals surface area contributed by atoms with Crippen LogP contribution in [0.3, 0.4) is 0 Å². The van der Waals surface area contributed by atoms with Crippen LogP contribution < -0.4 is 10.5 Å². The maximum absolute atomic E-state index is 13.6. The van der Waals surface area contributed by atoms with Crippen LogP contribution in [0.2, 0.25) is 0 Å². The van der Waals surface area contributed by atoms with E-state index >= 15 is 0 Å². The second-order valence-corrected chi connectivity index (χ2v) is 5.61. The van der Waals surface area contributed by atoms with Crippen molar-refractivity contribution in [3.63, 3.8) is 0 Å². The van der Waals surface area contributed by atoms with Gasteiger partial charge in [-0.2, -0.15) is 13.2 Å².